The molecule has 1 unspecified atom stereocenters. The minimum atomic E-state index is -3.48. The molecule has 2 saturated heterocycles. The Kier molecular flexibility index (Phi) is 6.99. The van der Waals surface area contributed by atoms with Gasteiger partial charge in [-0.1, -0.05) is 25.0 Å². The largest absolute Gasteiger partial charge is 0.370 e. The number of fused-ring (bicyclic) bond motifs is 1. The van der Waals surface area contributed by atoms with Crippen LogP contribution in [-0.4, -0.2) is 48.3 Å². The predicted molar refractivity (Wildman–Crippen MR) is 135 cm³/mol. The van der Waals surface area contributed by atoms with Crippen molar-refractivity contribution in [1.29, 1.82) is 0 Å². The Bertz CT molecular complexity index is 1320. The number of aromatic nitrogens is 2. The summed E-state index contributed by atoms with van der Waals surface area (Å²) in [6, 6.07) is 12.2. The number of rotatable bonds is 6. The molecular formula is C26H30N4O4S. The monoisotopic (exact) mass is 494 g/mol. The fraction of sp³-hybridized carbons (Fsp3) is 0.385. The summed E-state index contributed by atoms with van der Waals surface area (Å²) >= 11 is 0. The van der Waals surface area contributed by atoms with Gasteiger partial charge in [-0.2, -0.15) is 4.31 Å². The van der Waals surface area contributed by atoms with Crippen LogP contribution in [0.1, 0.15) is 56.0 Å². The third-order valence-electron chi connectivity index (χ3n) is 6.51. The Balaban J connectivity index is 1.22. The molecule has 2 aliphatic heterocycles. The van der Waals surface area contributed by atoms with Crippen LogP contribution in [0.4, 0.5) is 5.69 Å². The Morgan fingerprint density at radius 1 is 1.06 bits per heavy atom. The van der Waals surface area contributed by atoms with Gasteiger partial charge in [0.25, 0.3) is 0 Å². The van der Waals surface area contributed by atoms with Crippen molar-refractivity contribution in [2.45, 2.75) is 49.5 Å². The summed E-state index contributed by atoms with van der Waals surface area (Å²) in [7, 11) is -3.48. The van der Waals surface area contributed by atoms with E-state index >= 15 is 0 Å². The van der Waals surface area contributed by atoms with Gasteiger partial charge in [0.2, 0.25) is 15.9 Å². The molecule has 2 aromatic carbocycles. The summed E-state index contributed by atoms with van der Waals surface area (Å²) in [6.07, 6.45) is 9.06. The van der Waals surface area contributed by atoms with Gasteiger partial charge in [-0.3, -0.25) is 4.79 Å². The molecule has 0 radical (unpaired) electrons. The average molecular weight is 495 g/mol. The highest BCUT2D eigenvalue weighted by molar-refractivity contribution is 7.89. The first-order chi connectivity index (χ1) is 17.0. The van der Waals surface area contributed by atoms with E-state index in [0.29, 0.717) is 18.8 Å². The fourth-order valence-electron chi connectivity index (χ4n) is 4.59. The molecule has 0 aliphatic carbocycles. The molecule has 184 valence electrons. The van der Waals surface area contributed by atoms with Crippen molar-refractivity contribution < 1.29 is 17.9 Å². The number of imidazole rings is 1. The van der Waals surface area contributed by atoms with Crippen molar-refractivity contribution >= 4 is 38.7 Å². The first kappa shape index (κ1) is 23.7. The molecule has 2 fully saturated rings. The van der Waals surface area contributed by atoms with Crippen LogP contribution in [0.3, 0.4) is 0 Å². The summed E-state index contributed by atoms with van der Waals surface area (Å²) in [5.74, 6) is 0.548. The molecule has 1 aromatic heterocycles. The number of anilines is 1. The minimum Gasteiger partial charge on any atom is -0.370 e. The van der Waals surface area contributed by atoms with Crippen LogP contribution >= 0.6 is 0 Å². The van der Waals surface area contributed by atoms with E-state index in [4.69, 9.17) is 4.74 Å². The highest BCUT2D eigenvalue weighted by Crippen LogP contribution is 2.28. The number of ether oxygens (including phenoxy) is 1. The molecule has 0 spiro atoms. The van der Waals surface area contributed by atoms with E-state index in [1.807, 2.05) is 18.2 Å². The number of nitrogens with one attached hydrogen (secondary N) is 2. The number of carbonyl (C=O) groups excluding carboxylic acids is 1. The minimum absolute atomic E-state index is 0.00843. The topological polar surface area (TPSA) is 104 Å². The lowest BCUT2D eigenvalue weighted by Crippen LogP contribution is -2.31. The molecule has 1 amide bonds. The Hall–Kier alpha value is -3.01. The van der Waals surface area contributed by atoms with E-state index < -0.39 is 10.0 Å². The zero-order chi connectivity index (χ0) is 24.3. The number of sulfonamides is 1. The van der Waals surface area contributed by atoms with Crippen molar-refractivity contribution in [2.75, 3.05) is 25.0 Å². The lowest BCUT2D eigenvalue weighted by molar-refractivity contribution is -0.111. The summed E-state index contributed by atoms with van der Waals surface area (Å²) in [6.45, 7) is 1.90. The average Bonchev–Trinajstić information content (AvgIpc) is 3.46. The number of carbonyl (C=O) groups is 1. The Labute approximate surface area is 205 Å². The second kappa shape index (κ2) is 10.3. The first-order valence-electron chi connectivity index (χ1n) is 12.2. The standard InChI is InChI=1S/C26H30N4O4S/c31-25(27-20-10-13-22-23(18-20)29-26(28-22)24-6-5-17-34-24)14-9-19-7-11-21(12-8-19)35(32,33)30-15-3-1-2-4-16-30/h7-14,18,24H,1-6,15-17H2,(H,27,31)(H,28,29)/b14-9+. The van der Waals surface area contributed by atoms with E-state index in [2.05, 4.69) is 15.3 Å². The van der Waals surface area contributed by atoms with Gasteiger partial charge in [-0.25, -0.2) is 13.4 Å². The van der Waals surface area contributed by atoms with Gasteiger partial charge >= 0.3 is 0 Å². The Morgan fingerprint density at radius 2 is 1.83 bits per heavy atom. The summed E-state index contributed by atoms with van der Waals surface area (Å²) in [5, 5.41) is 2.86. The SMILES string of the molecule is O=C(/C=C/c1ccc(S(=O)(=O)N2CCCCCC2)cc1)Nc1ccc2nc(C3CCCO3)[nH]c2c1. The van der Waals surface area contributed by atoms with Crippen molar-refractivity contribution in [2.24, 2.45) is 0 Å². The molecule has 2 N–H and O–H groups in total. The number of amides is 1. The molecule has 5 rings (SSSR count). The normalized spacial score (nSPS) is 19.8. The van der Waals surface area contributed by atoms with Crippen LogP contribution in [0.25, 0.3) is 17.1 Å². The molecular weight excluding hydrogens is 464 g/mol. The van der Waals surface area contributed by atoms with Crippen molar-refractivity contribution in [3.63, 3.8) is 0 Å². The van der Waals surface area contributed by atoms with Gasteiger partial charge in [0.1, 0.15) is 11.9 Å². The van der Waals surface area contributed by atoms with Gasteiger partial charge in [0, 0.05) is 31.5 Å². The number of nitrogens with zero attached hydrogens (tertiary/aromatic N) is 2. The number of aromatic amines is 1. The number of H-pyrrole nitrogens is 1. The molecule has 35 heavy (non-hydrogen) atoms. The van der Waals surface area contributed by atoms with Crippen LogP contribution in [0.5, 0.6) is 0 Å². The van der Waals surface area contributed by atoms with Crippen LogP contribution < -0.4 is 5.32 Å². The molecule has 2 aliphatic rings. The van der Waals surface area contributed by atoms with Crippen molar-refractivity contribution in [1.82, 2.24) is 14.3 Å². The lowest BCUT2D eigenvalue weighted by atomic mass is 10.2. The third kappa shape index (κ3) is 5.47. The zero-order valence-corrected chi connectivity index (χ0v) is 20.4. The number of hydrogen-bond donors (Lipinski definition) is 2. The van der Waals surface area contributed by atoms with E-state index in [-0.39, 0.29) is 16.9 Å². The van der Waals surface area contributed by atoms with E-state index in [1.54, 1.807) is 34.6 Å². The molecule has 1 atom stereocenters. The molecule has 3 aromatic rings. The van der Waals surface area contributed by atoms with Crippen molar-refractivity contribution in [3.8, 4) is 0 Å². The van der Waals surface area contributed by atoms with Gasteiger partial charge in [-0.05, 0) is 67.7 Å². The third-order valence-corrected chi connectivity index (χ3v) is 8.43. The van der Waals surface area contributed by atoms with Gasteiger partial charge in [0.15, 0.2) is 0 Å². The smallest absolute Gasteiger partial charge is 0.248 e. The highest BCUT2D eigenvalue weighted by atomic mass is 32.2. The first-order valence-corrected chi connectivity index (χ1v) is 13.6. The second-order valence-electron chi connectivity index (χ2n) is 9.07. The van der Waals surface area contributed by atoms with Crippen LogP contribution in [0.15, 0.2) is 53.4 Å². The van der Waals surface area contributed by atoms with Gasteiger partial charge in [-0.15, -0.1) is 0 Å². The summed E-state index contributed by atoms with van der Waals surface area (Å²) in [5.41, 5.74) is 3.09. The molecule has 0 saturated carbocycles. The number of benzene rings is 2. The van der Waals surface area contributed by atoms with Crippen molar-refractivity contribution in [3.05, 3.63) is 59.9 Å². The van der Waals surface area contributed by atoms with Crippen LogP contribution in [0.2, 0.25) is 0 Å². The maximum atomic E-state index is 12.9. The quantitative estimate of drug-likeness (QED) is 0.486. The molecule has 8 nitrogen and oxygen atoms in total. The van der Waals surface area contributed by atoms with E-state index in [9.17, 15) is 13.2 Å². The zero-order valence-electron chi connectivity index (χ0n) is 19.6. The lowest BCUT2D eigenvalue weighted by Gasteiger charge is -2.19. The fourth-order valence-corrected chi connectivity index (χ4v) is 6.11. The van der Waals surface area contributed by atoms with Gasteiger partial charge in [0.05, 0.1) is 15.9 Å². The second-order valence-corrected chi connectivity index (χ2v) is 11.0. The van der Waals surface area contributed by atoms with E-state index in [1.165, 1.54) is 6.08 Å². The molecule has 0 bridgehead atoms. The maximum Gasteiger partial charge on any atom is 0.248 e. The van der Waals surface area contributed by atoms with E-state index in [0.717, 1.165) is 67.6 Å². The number of hydrogen-bond acceptors (Lipinski definition) is 5. The molecule has 3 heterocycles. The molecule has 9 heteroatoms. The highest BCUT2D eigenvalue weighted by Gasteiger charge is 2.25. The maximum absolute atomic E-state index is 12.9. The van der Waals surface area contributed by atoms with Gasteiger partial charge < -0.3 is 15.0 Å². The van der Waals surface area contributed by atoms with Crippen LogP contribution in [0, 0.1) is 0 Å². The predicted octanol–water partition coefficient (Wildman–Crippen LogP) is 4.63. The van der Waals surface area contributed by atoms with Crippen LogP contribution in [-0.2, 0) is 19.6 Å². The summed E-state index contributed by atoms with van der Waals surface area (Å²) < 4.78 is 33.1. The summed E-state index contributed by atoms with van der Waals surface area (Å²) in [4.78, 5) is 20.6. The Morgan fingerprint density at radius 3 is 2.54 bits per heavy atom.